The first-order valence-electron chi connectivity index (χ1n) is 6.57. The van der Waals surface area contributed by atoms with Gasteiger partial charge >= 0.3 is 0 Å². The molecular weight excluding hydrogens is 420 g/mol. The van der Waals surface area contributed by atoms with Gasteiger partial charge in [-0.25, -0.2) is 0 Å². The largest absolute Gasteiger partial charge is 0.489 e. The first kappa shape index (κ1) is 15.3. The summed E-state index contributed by atoms with van der Waals surface area (Å²) in [7, 11) is 0. The van der Waals surface area contributed by atoms with Crippen molar-refractivity contribution in [3.8, 4) is 11.5 Å². The Morgan fingerprint density at radius 3 is 2.57 bits per heavy atom. The van der Waals surface area contributed by atoms with Crippen LogP contribution < -0.4 is 9.47 Å². The smallest absolute Gasteiger partial charge is 0.161 e. The lowest BCUT2D eigenvalue weighted by Gasteiger charge is -2.13. The number of thiophene rings is 1. The van der Waals surface area contributed by atoms with E-state index in [1.165, 1.54) is 0 Å². The van der Waals surface area contributed by atoms with E-state index in [4.69, 9.17) is 9.47 Å². The molecule has 1 N–H and O–H groups in total. The summed E-state index contributed by atoms with van der Waals surface area (Å²) >= 11 is 8.46. The second kappa shape index (κ2) is 6.28. The van der Waals surface area contributed by atoms with Gasteiger partial charge in [0, 0.05) is 11.5 Å². The van der Waals surface area contributed by atoms with E-state index in [9.17, 15) is 5.11 Å². The van der Waals surface area contributed by atoms with Crippen LogP contribution in [-0.2, 0) is 0 Å². The molecule has 0 spiro atoms. The van der Waals surface area contributed by atoms with Crippen LogP contribution in [0.4, 0.5) is 0 Å². The predicted molar refractivity (Wildman–Crippen MR) is 90.4 cm³/mol. The lowest BCUT2D eigenvalue weighted by atomic mass is 10.0. The Balaban J connectivity index is 1.91. The Labute approximate surface area is 144 Å². The third kappa shape index (κ3) is 3.28. The Bertz CT molecular complexity index is 656. The second-order valence-electron chi connectivity index (χ2n) is 5.12. The SMILES string of the molecule is CC1COc2ccc(C(O)c3cc(Br)sc3Br)cc2OC1. The van der Waals surface area contributed by atoms with E-state index >= 15 is 0 Å². The summed E-state index contributed by atoms with van der Waals surface area (Å²) in [4.78, 5) is 0. The molecule has 1 aliphatic heterocycles. The zero-order valence-electron chi connectivity index (χ0n) is 11.3. The van der Waals surface area contributed by atoms with E-state index in [1.807, 2.05) is 24.3 Å². The van der Waals surface area contributed by atoms with E-state index in [2.05, 4.69) is 38.8 Å². The van der Waals surface area contributed by atoms with Crippen molar-refractivity contribution in [2.75, 3.05) is 13.2 Å². The van der Waals surface area contributed by atoms with Crippen molar-refractivity contribution >= 4 is 43.2 Å². The van der Waals surface area contributed by atoms with Gasteiger partial charge in [0.1, 0.15) is 6.10 Å². The van der Waals surface area contributed by atoms with Crippen molar-refractivity contribution in [2.24, 2.45) is 5.92 Å². The lowest BCUT2D eigenvalue weighted by molar-refractivity contribution is 0.218. The fourth-order valence-corrected chi connectivity index (χ4v) is 5.04. The summed E-state index contributed by atoms with van der Waals surface area (Å²) in [6.45, 7) is 3.36. The molecular formula is C15H14Br2O3S. The van der Waals surface area contributed by atoms with Crippen LogP contribution in [0.25, 0.3) is 0 Å². The minimum atomic E-state index is -0.698. The molecule has 0 amide bonds. The zero-order chi connectivity index (χ0) is 15.0. The van der Waals surface area contributed by atoms with Crippen LogP contribution in [-0.4, -0.2) is 18.3 Å². The molecule has 6 heteroatoms. The molecule has 1 aromatic carbocycles. The topological polar surface area (TPSA) is 38.7 Å². The average Bonchev–Trinajstić information content (AvgIpc) is 2.69. The molecule has 21 heavy (non-hydrogen) atoms. The maximum Gasteiger partial charge on any atom is 0.161 e. The summed E-state index contributed by atoms with van der Waals surface area (Å²) in [6, 6.07) is 7.52. The third-order valence-electron chi connectivity index (χ3n) is 3.31. The first-order chi connectivity index (χ1) is 10.0. The maximum atomic E-state index is 10.6. The van der Waals surface area contributed by atoms with Gasteiger partial charge in [-0.1, -0.05) is 13.0 Å². The number of aliphatic hydroxyl groups excluding tert-OH is 1. The highest BCUT2D eigenvalue weighted by atomic mass is 79.9. The van der Waals surface area contributed by atoms with E-state index in [-0.39, 0.29) is 0 Å². The number of halogens is 2. The van der Waals surface area contributed by atoms with Crippen molar-refractivity contribution in [2.45, 2.75) is 13.0 Å². The quantitative estimate of drug-likeness (QED) is 0.741. The molecule has 0 aliphatic carbocycles. The number of hydrogen-bond donors (Lipinski definition) is 1. The van der Waals surface area contributed by atoms with E-state index in [0.29, 0.717) is 24.9 Å². The monoisotopic (exact) mass is 432 g/mol. The standard InChI is InChI=1S/C15H14Br2O3S/c1-8-6-19-11-3-2-9(4-12(11)20-7-8)14(18)10-5-13(16)21-15(10)17/h2-5,8,14,18H,6-7H2,1H3. The third-order valence-corrected chi connectivity index (χ3v) is 5.69. The zero-order valence-corrected chi connectivity index (χ0v) is 15.3. The van der Waals surface area contributed by atoms with Crippen LogP contribution in [0.5, 0.6) is 11.5 Å². The number of hydrogen-bond acceptors (Lipinski definition) is 4. The molecule has 1 aliphatic rings. The molecule has 3 nitrogen and oxygen atoms in total. The summed E-state index contributed by atoms with van der Waals surface area (Å²) < 4.78 is 13.4. The molecule has 2 unspecified atom stereocenters. The summed E-state index contributed by atoms with van der Waals surface area (Å²) in [5, 5.41) is 10.6. The normalized spacial score (nSPS) is 19.1. The molecule has 2 atom stereocenters. The van der Waals surface area contributed by atoms with Gasteiger partial charge in [-0.2, -0.15) is 0 Å². The van der Waals surface area contributed by atoms with Crippen molar-refractivity contribution in [3.05, 3.63) is 43.0 Å². The van der Waals surface area contributed by atoms with Gasteiger partial charge in [-0.15, -0.1) is 11.3 Å². The van der Waals surface area contributed by atoms with Crippen LogP contribution in [0.15, 0.2) is 31.8 Å². The van der Waals surface area contributed by atoms with E-state index in [0.717, 1.165) is 24.4 Å². The number of rotatable bonds is 2. The second-order valence-corrected chi connectivity index (χ2v) is 8.86. The van der Waals surface area contributed by atoms with Crippen LogP contribution in [0.3, 0.4) is 0 Å². The summed E-state index contributed by atoms with van der Waals surface area (Å²) in [6.07, 6.45) is -0.698. The first-order valence-corrected chi connectivity index (χ1v) is 8.97. The average molecular weight is 434 g/mol. The molecule has 0 radical (unpaired) electrons. The highest BCUT2D eigenvalue weighted by Crippen LogP contribution is 2.40. The minimum absolute atomic E-state index is 0.354. The van der Waals surface area contributed by atoms with Gasteiger partial charge in [0.05, 0.1) is 20.8 Å². The molecule has 0 bridgehead atoms. The number of fused-ring (bicyclic) bond motifs is 1. The molecule has 0 saturated carbocycles. The molecule has 1 aromatic heterocycles. The van der Waals surface area contributed by atoms with E-state index in [1.54, 1.807) is 11.3 Å². The Morgan fingerprint density at radius 2 is 1.90 bits per heavy atom. The Kier molecular flexibility index (Phi) is 4.59. The molecule has 2 aromatic rings. The van der Waals surface area contributed by atoms with Crippen molar-refractivity contribution in [1.82, 2.24) is 0 Å². The molecule has 0 saturated heterocycles. The molecule has 112 valence electrons. The van der Waals surface area contributed by atoms with Crippen molar-refractivity contribution < 1.29 is 14.6 Å². The fraction of sp³-hybridized carbons (Fsp3) is 0.333. The molecule has 0 fully saturated rings. The van der Waals surface area contributed by atoms with Crippen LogP contribution in [0.2, 0.25) is 0 Å². The van der Waals surface area contributed by atoms with E-state index < -0.39 is 6.10 Å². The van der Waals surface area contributed by atoms with Crippen LogP contribution in [0.1, 0.15) is 24.2 Å². The summed E-state index contributed by atoms with van der Waals surface area (Å²) in [5.41, 5.74) is 1.63. The maximum absolute atomic E-state index is 10.6. The van der Waals surface area contributed by atoms with Crippen molar-refractivity contribution in [3.63, 3.8) is 0 Å². The minimum Gasteiger partial charge on any atom is -0.489 e. The Morgan fingerprint density at radius 1 is 1.19 bits per heavy atom. The van der Waals surface area contributed by atoms with Gasteiger partial charge in [0.15, 0.2) is 11.5 Å². The lowest BCUT2D eigenvalue weighted by Crippen LogP contribution is -2.12. The van der Waals surface area contributed by atoms with Crippen LogP contribution in [0, 0.1) is 5.92 Å². The predicted octanol–water partition coefficient (Wildman–Crippen LogP) is 4.76. The van der Waals surface area contributed by atoms with Crippen LogP contribution >= 0.6 is 43.2 Å². The summed E-state index contributed by atoms with van der Waals surface area (Å²) in [5.74, 6) is 1.79. The molecule has 2 heterocycles. The number of benzene rings is 1. The van der Waals surface area contributed by atoms with Gasteiger partial charge < -0.3 is 14.6 Å². The van der Waals surface area contributed by atoms with Gasteiger partial charge in [0.2, 0.25) is 0 Å². The fourth-order valence-electron chi connectivity index (χ4n) is 2.16. The molecule has 3 rings (SSSR count). The highest BCUT2D eigenvalue weighted by molar-refractivity contribution is 9.12. The number of ether oxygens (including phenoxy) is 2. The van der Waals surface area contributed by atoms with Gasteiger partial charge in [-0.05, 0) is 55.6 Å². The van der Waals surface area contributed by atoms with Crippen molar-refractivity contribution in [1.29, 1.82) is 0 Å². The highest BCUT2D eigenvalue weighted by Gasteiger charge is 2.20. The van der Waals surface area contributed by atoms with Gasteiger partial charge in [0.25, 0.3) is 0 Å². The number of aliphatic hydroxyl groups is 1. The van der Waals surface area contributed by atoms with Gasteiger partial charge in [-0.3, -0.25) is 0 Å². The Hall–Kier alpha value is -0.560.